The number of urea groups is 1. The van der Waals surface area contributed by atoms with Gasteiger partial charge in [-0.05, 0) is 30.4 Å². The molecule has 0 spiro atoms. The molecule has 1 aromatic heterocycles. The summed E-state index contributed by atoms with van der Waals surface area (Å²) in [5, 5.41) is 6.00. The molecule has 0 radical (unpaired) electrons. The van der Waals surface area contributed by atoms with Crippen LogP contribution in [-0.2, 0) is 11.2 Å². The largest absolute Gasteiger partial charge is 0.378 e. The SMILES string of the molecule is CC(C)(C)[C@@H]1C[C@H](NC(=O)NCCc2nc3ccccc3[nH]2)CCO1. The molecule has 1 saturated heterocycles. The van der Waals surface area contributed by atoms with E-state index in [0.717, 1.165) is 29.7 Å². The van der Waals surface area contributed by atoms with Gasteiger partial charge in [0, 0.05) is 25.6 Å². The van der Waals surface area contributed by atoms with Crippen molar-refractivity contribution in [1.29, 1.82) is 0 Å². The summed E-state index contributed by atoms with van der Waals surface area (Å²) in [5.74, 6) is 0.889. The summed E-state index contributed by atoms with van der Waals surface area (Å²) >= 11 is 0. The number of H-pyrrole nitrogens is 1. The van der Waals surface area contributed by atoms with Crippen LogP contribution in [0.15, 0.2) is 24.3 Å². The Balaban J connectivity index is 1.43. The van der Waals surface area contributed by atoms with Gasteiger partial charge in [-0.15, -0.1) is 0 Å². The number of nitrogens with zero attached hydrogens (tertiary/aromatic N) is 1. The van der Waals surface area contributed by atoms with Gasteiger partial charge >= 0.3 is 6.03 Å². The molecule has 1 aromatic carbocycles. The molecule has 1 aliphatic rings. The summed E-state index contributed by atoms with van der Waals surface area (Å²) in [7, 11) is 0. The fourth-order valence-corrected chi connectivity index (χ4v) is 3.19. The fraction of sp³-hybridized carbons (Fsp3) is 0.579. The molecule has 1 aliphatic heterocycles. The second kappa shape index (κ2) is 7.44. The Morgan fingerprint density at radius 1 is 1.36 bits per heavy atom. The molecule has 6 nitrogen and oxygen atoms in total. The number of carbonyl (C=O) groups is 1. The number of para-hydroxylation sites is 2. The Hall–Kier alpha value is -2.08. The second-order valence-electron chi connectivity index (χ2n) is 7.80. The number of benzene rings is 1. The van der Waals surface area contributed by atoms with Crippen molar-refractivity contribution >= 4 is 17.1 Å². The fourth-order valence-electron chi connectivity index (χ4n) is 3.19. The molecule has 136 valence electrons. The minimum Gasteiger partial charge on any atom is -0.378 e. The first-order valence-electron chi connectivity index (χ1n) is 9.01. The molecule has 0 bridgehead atoms. The maximum Gasteiger partial charge on any atom is 0.315 e. The topological polar surface area (TPSA) is 79.0 Å². The highest BCUT2D eigenvalue weighted by molar-refractivity contribution is 5.75. The molecule has 2 atom stereocenters. The number of rotatable bonds is 4. The lowest BCUT2D eigenvalue weighted by atomic mass is 9.83. The van der Waals surface area contributed by atoms with Gasteiger partial charge in [-0.1, -0.05) is 32.9 Å². The molecule has 3 N–H and O–H groups in total. The van der Waals surface area contributed by atoms with Crippen molar-refractivity contribution in [2.24, 2.45) is 5.41 Å². The van der Waals surface area contributed by atoms with Gasteiger partial charge in [0.15, 0.2) is 0 Å². The Morgan fingerprint density at radius 3 is 2.92 bits per heavy atom. The lowest BCUT2D eigenvalue weighted by Crippen LogP contribution is -2.49. The molecule has 25 heavy (non-hydrogen) atoms. The highest BCUT2D eigenvalue weighted by Crippen LogP contribution is 2.29. The van der Waals surface area contributed by atoms with Gasteiger partial charge in [0.1, 0.15) is 5.82 Å². The molecule has 2 aromatic rings. The quantitative estimate of drug-likeness (QED) is 0.798. The van der Waals surface area contributed by atoms with Crippen molar-refractivity contribution in [1.82, 2.24) is 20.6 Å². The number of imidazole rings is 1. The Morgan fingerprint density at radius 2 is 2.16 bits per heavy atom. The van der Waals surface area contributed by atoms with E-state index >= 15 is 0 Å². The minimum atomic E-state index is -0.115. The third kappa shape index (κ3) is 4.72. The number of hydrogen-bond donors (Lipinski definition) is 3. The maximum absolute atomic E-state index is 12.1. The van der Waals surface area contributed by atoms with Crippen LogP contribution < -0.4 is 10.6 Å². The van der Waals surface area contributed by atoms with Crippen molar-refractivity contribution in [3.8, 4) is 0 Å². The van der Waals surface area contributed by atoms with Gasteiger partial charge in [0.25, 0.3) is 0 Å². The van der Waals surface area contributed by atoms with Crippen molar-refractivity contribution in [3.05, 3.63) is 30.1 Å². The first kappa shape index (κ1) is 17.7. The summed E-state index contributed by atoms with van der Waals surface area (Å²) in [5.41, 5.74) is 2.08. The number of ether oxygens (including phenoxy) is 1. The first-order chi connectivity index (χ1) is 11.9. The van der Waals surface area contributed by atoms with Crippen molar-refractivity contribution < 1.29 is 9.53 Å². The Bertz CT molecular complexity index is 687. The van der Waals surface area contributed by atoms with Gasteiger partial charge < -0.3 is 20.4 Å². The van der Waals surface area contributed by atoms with E-state index < -0.39 is 0 Å². The van der Waals surface area contributed by atoms with Gasteiger partial charge in [-0.2, -0.15) is 0 Å². The third-order valence-corrected chi connectivity index (χ3v) is 4.67. The van der Waals surface area contributed by atoms with Crippen LogP contribution in [0.25, 0.3) is 11.0 Å². The number of carbonyl (C=O) groups excluding carboxylic acids is 1. The zero-order chi connectivity index (χ0) is 17.9. The molecule has 3 rings (SSSR count). The van der Waals surface area contributed by atoms with E-state index in [1.165, 1.54) is 0 Å². The monoisotopic (exact) mass is 344 g/mol. The highest BCUT2D eigenvalue weighted by atomic mass is 16.5. The van der Waals surface area contributed by atoms with Crippen LogP contribution in [0.3, 0.4) is 0 Å². The van der Waals surface area contributed by atoms with Crippen LogP contribution in [0.4, 0.5) is 4.79 Å². The standard InChI is InChI=1S/C19H28N4O2/c1-19(2,3)16-12-13(9-11-25-16)21-18(24)20-10-8-17-22-14-6-4-5-7-15(14)23-17/h4-7,13,16H,8-12H2,1-3H3,(H,22,23)(H2,20,21,24)/t13-,16+/m1/s1. The zero-order valence-electron chi connectivity index (χ0n) is 15.3. The van der Waals surface area contributed by atoms with Gasteiger partial charge in [0.05, 0.1) is 17.1 Å². The van der Waals surface area contributed by atoms with Crippen LogP contribution in [0, 0.1) is 5.41 Å². The second-order valence-corrected chi connectivity index (χ2v) is 7.80. The molecule has 1 fully saturated rings. The number of amides is 2. The predicted molar refractivity (Wildman–Crippen MR) is 98.5 cm³/mol. The Labute approximate surface area is 148 Å². The maximum atomic E-state index is 12.1. The number of hydrogen-bond acceptors (Lipinski definition) is 3. The molecule has 0 saturated carbocycles. The van der Waals surface area contributed by atoms with Crippen LogP contribution in [0.1, 0.15) is 39.4 Å². The van der Waals surface area contributed by atoms with Crippen molar-refractivity contribution in [2.75, 3.05) is 13.2 Å². The van der Waals surface area contributed by atoms with Crippen LogP contribution >= 0.6 is 0 Å². The van der Waals surface area contributed by atoms with Crippen LogP contribution in [0.2, 0.25) is 0 Å². The van der Waals surface area contributed by atoms with Crippen LogP contribution in [0.5, 0.6) is 0 Å². The summed E-state index contributed by atoms with van der Waals surface area (Å²) in [6.45, 7) is 7.78. The predicted octanol–water partition coefficient (Wildman–Crippen LogP) is 3.00. The molecule has 0 unspecified atom stereocenters. The normalized spacial score (nSPS) is 21.2. The lowest BCUT2D eigenvalue weighted by molar-refractivity contribution is -0.0565. The van der Waals surface area contributed by atoms with E-state index in [-0.39, 0.29) is 23.6 Å². The van der Waals surface area contributed by atoms with E-state index in [4.69, 9.17) is 4.74 Å². The molecule has 6 heteroatoms. The number of aromatic nitrogens is 2. The van der Waals surface area contributed by atoms with Crippen molar-refractivity contribution in [2.45, 2.75) is 52.2 Å². The summed E-state index contributed by atoms with van der Waals surface area (Å²) < 4.78 is 5.84. The van der Waals surface area contributed by atoms with Gasteiger partial charge in [-0.25, -0.2) is 9.78 Å². The van der Waals surface area contributed by atoms with E-state index in [9.17, 15) is 4.79 Å². The smallest absolute Gasteiger partial charge is 0.315 e. The minimum absolute atomic E-state index is 0.0954. The lowest BCUT2D eigenvalue weighted by Gasteiger charge is -2.37. The average molecular weight is 344 g/mol. The molecule has 0 aliphatic carbocycles. The highest BCUT2D eigenvalue weighted by Gasteiger charge is 2.32. The molecule has 2 heterocycles. The summed E-state index contributed by atoms with van der Waals surface area (Å²) in [6.07, 6.45) is 2.59. The van der Waals surface area contributed by atoms with E-state index in [1.54, 1.807) is 0 Å². The molecule has 2 amide bonds. The van der Waals surface area contributed by atoms with Gasteiger partial charge in [0.2, 0.25) is 0 Å². The number of nitrogens with one attached hydrogen (secondary N) is 3. The number of fused-ring (bicyclic) bond motifs is 1. The van der Waals surface area contributed by atoms with Crippen LogP contribution in [-0.4, -0.2) is 41.3 Å². The van der Waals surface area contributed by atoms with Gasteiger partial charge in [-0.3, -0.25) is 0 Å². The van der Waals surface area contributed by atoms with E-state index in [2.05, 4.69) is 41.4 Å². The third-order valence-electron chi connectivity index (χ3n) is 4.67. The summed E-state index contributed by atoms with van der Waals surface area (Å²) in [6, 6.07) is 7.99. The molecular weight excluding hydrogens is 316 g/mol. The Kier molecular flexibility index (Phi) is 5.27. The zero-order valence-corrected chi connectivity index (χ0v) is 15.3. The van der Waals surface area contributed by atoms with E-state index in [1.807, 2.05) is 24.3 Å². The van der Waals surface area contributed by atoms with E-state index in [0.29, 0.717) is 19.6 Å². The summed E-state index contributed by atoms with van der Waals surface area (Å²) in [4.78, 5) is 19.9. The average Bonchev–Trinajstić information content (AvgIpc) is 2.97. The number of aromatic amines is 1. The molecular formula is C19H28N4O2. The van der Waals surface area contributed by atoms with Crippen molar-refractivity contribution in [3.63, 3.8) is 0 Å². The first-order valence-corrected chi connectivity index (χ1v) is 9.01.